The van der Waals surface area contributed by atoms with Crippen molar-refractivity contribution in [1.82, 2.24) is 9.88 Å². The van der Waals surface area contributed by atoms with Gasteiger partial charge in [-0.3, -0.25) is 4.79 Å². The number of rotatable bonds is 8. The van der Waals surface area contributed by atoms with Gasteiger partial charge < -0.3 is 15.0 Å². The summed E-state index contributed by atoms with van der Waals surface area (Å²) in [5, 5.41) is 11.8. The molecule has 0 saturated carbocycles. The number of aliphatic hydroxyl groups excluding tert-OH is 1. The highest BCUT2D eigenvalue weighted by Gasteiger charge is 2.13. The molecule has 22 heavy (non-hydrogen) atoms. The third-order valence-corrected chi connectivity index (χ3v) is 3.72. The number of carbonyl (C=O) groups is 1. The topological polar surface area (TPSA) is 54.3 Å². The highest BCUT2D eigenvalue weighted by Crippen LogP contribution is 2.07. The molecule has 0 aliphatic heterocycles. The van der Waals surface area contributed by atoms with Crippen LogP contribution >= 0.6 is 0 Å². The van der Waals surface area contributed by atoms with Gasteiger partial charge in [0.05, 0.1) is 0 Å². The van der Waals surface area contributed by atoms with Crippen LogP contribution in [0.25, 0.3) is 0 Å². The summed E-state index contributed by atoms with van der Waals surface area (Å²) in [6.45, 7) is 2.91. The second-order valence-electron chi connectivity index (χ2n) is 5.56. The maximum Gasteiger partial charge on any atom is 0.268 e. The molecule has 2 rings (SSSR count). The van der Waals surface area contributed by atoms with E-state index in [2.05, 4.69) is 17.4 Å². The predicted octanol–water partition coefficient (Wildman–Crippen LogP) is 2.62. The van der Waals surface area contributed by atoms with Crippen molar-refractivity contribution >= 4 is 5.91 Å². The zero-order valence-electron chi connectivity index (χ0n) is 13.0. The lowest BCUT2D eigenvalue weighted by molar-refractivity contribution is 0.0927. The van der Waals surface area contributed by atoms with Crippen molar-refractivity contribution < 1.29 is 9.90 Å². The molecular weight excluding hydrogens is 276 g/mol. The summed E-state index contributed by atoms with van der Waals surface area (Å²) in [7, 11) is 0. The molecule has 1 atom stereocenters. The van der Waals surface area contributed by atoms with Crippen LogP contribution in [0.5, 0.6) is 0 Å². The zero-order valence-corrected chi connectivity index (χ0v) is 13.0. The number of aromatic nitrogens is 1. The molecule has 0 radical (unpaired) electrons. The minimum Gasteiger partial charge on any atom is -0.396 e. The largest absolute Gasteiger partial charge is 0.396 e. The highest BCUT2D eigenvalue weighted by molar-refractivity contribution is 5.92. The average molecular weight is 300 g/mol. The number of hydrogen-bond donors (Lipinski definition) is 2. The van der Waals surface area contributed by atoms with Gasteiger partial charge in [-0.25, -0.2) is 0 Å². The van der Waals surface area contributed by atoms with Crippen LogP contribution in [-0.4, -0.2) is 28.2 Å². The number of aliphatic hydroxyl groups is 1. The van der Waals surface area contributed by atoms with Gasteiger partial charge in [0.2, 0.25) is 0 Å². The molecule has 0 bridgehead atoms. The van der Waals surface area contributed by atoms with Crippen molar-refractivity contribution in [2.75, 3.05) is 6.61 Å². The van der Waals surface area contributed by atoms with Crippen molar-refractivity contribution in [3.8, 4) is 0 Å². The van der Waals surface area contributed by atoms with Crippen LogP contribution in [-0.2, 0) is 13.0 Å². The van der Waals surface area contributed by atoms with Crippen molar-refractivity contribution in [1.29, 1.82) is 0 Å². The molecule has 0 fully saturated rings. The van der Waals surface area contributed by atoms with Gasteiger partial charge in [-0.15, -0.1) is 0 Å². The van der Waals surface area contributed by atoms with Gasteiger partial charge in [0.1, 0.15) is 5.69 Å². The van der Waals surface area contributed by atoms with Crippen LogP contribution in [0.1, 0.15) is 35.8 Å². The molecule has 1 unspecified atom stereocenters. The number of nitrogens with zero attached hydrogens (tertiary/aromatic N) is 1. The van der Waals surface area contributed by atoms with E-state index in [1.807, 2.05) is 48.0 Å². The molecule has 1 heterocycles. The zero-order chi connectivity index (χ0) is 15.8. The van der Waals surface area contributed by atoms with Gasteiger partial charge in [-0.05, 0) is 43.9 Å². The minimum absolute atomic E-state index is 0.0523. The molecule has 0 aliphatic rings. The minimum atomic E-state index is -0.0523. The van der Waals surface area contributed by atoms with Crippen molar-refractivity contribution in [2.24, 2.45) is 0 Å². The first-order valence-corrected chi connectivity index (χ1v) is 7.81. The Labute approximate surface area is 131 Å². The van der Waals surface area contributed by atoms with Crippen LogP contribution in [0.2, 0.25) is 0 Å². The smallest absolute Gasteiger partial charge is 0.268 e. The first-order chi connectivity index (χ1) is 10.7. The van der Waals surface area contributed by atoms with Crippen LogP contribution in [0.15, 0.2) is 48.7 Å². The van der Waals surface area contributed by atoms with E-state index in [0.717, 1.165) is 19.4 Å². The Balaban J connectivity index is 1.92. The molecule has 1 aromatic carbocycles. The van der Waals surface area contributed by atoms with Crippen molar-refractivity contribution in [3.05, 3.63) is 59.9 Å². The molecule has 118 valence electrons. The lowest BCUT2D eigenvalue weighted by Crippen LogP contribution is -2.34. The number of benzene rings is 1. The van der Waals surface area contributed by atoms with E-state index in [-0.39, 0.29) is 18.6 Å². The fraction of sp³-hybridized carbons (Fsp3) is 0.389. The van der Waals surface area contributed by atoms with Gasteiger partial charge in [-0.1, -0.05) is 30.3 Å². The third kappa shape index (κ3) is 4.74. The number of carbonyl (C=O) groups excluding carboxylic acids is 1. The van der Waals surface area contributed by atoms with E-state index in [0.29, 0.717) is 12.1 Å². The van der Waals surface area contributed by atoms with Gasteiger partial charge >= 0.3 is 0 Å². The Morgan fingerprint density at radius 2 is 2.00 bits per heavy atom. The fourth-order valence-corrected chi connectivity index (χ4v) is 2.48. The quantitative estimate of drug-likeness (QED) is 0.787. The first kappa shape index (κ1) is 16.3. The van der Waals surface area contributed by atoms with Gasteiger partial charge in [0.15, 0.2) is 0 Å². The molecule has 4 heteroatoms. The van der Waals surface area contributed by atoms with Crippen LogP contribution in [0, 0.1) is 0 Å². The standard InChI is InChI=1S/C18H24N2O2/c1-15(7-6-14-21)19-18(22)17-10-5-12-20(17)13-11-16-8-3-2-4-9-16/h2-5,8-10,12,15,21H,6-7,11,13-14H2,1H3,(H,19,22). The second kappa shape index (κ2) is 8.39. The van der Waals surface area contributed by atoms with E-state index >= 15 is 0 Å². The molecule has 1 amide bonds. The number of amides is 1. The van der Waals surface area contributed by atoms with Gasteiger partial charge in [0, 0.05) is 25.4 Å². The maximum absolute atomic E-state index is 12.3. The molecule has 0 aliphatic carbocycles. The van der Waals surface area contributed by atoms with E-state index in [4.69, 9.17) is 5.11 Å². The third-order valence-electron chi connectivity index (χ3n) is 3.72. The number of hydrogen-bond acceptors (Lipinski definition) is 2. The second-order valence-corrected chi connectivity index (χ2v) is 5.56. The normalized spacial score (nSPS) is 12.1. The molecule has 4 nitrogen and oxygen atoms in total. The van der Waals surface area contributed by atoms with Gasteiger partial charge in [-0.2, -0.15) is 0 Å². The average Bonchev–Trinajstić information content (AvgIpc) is 3.00. The maximum atomic E-state index is 12.3. The van der Waals surface area contributed by atoms with Gasteiger partial charge in [0.25, 0.3) is 5.91 Å². The molecule has 2 N–H and O–H groups in total. The molecule has 0 spiro atoms. The van der Waals surface area contributed by atoms with E-state index in [1.165, 1.54) is 5.56 Å². The lowest BCUT2D eigenvalue weighted by Gasteiger charge is -2.15. The van der Waals surface area contributed by atoms with E-state index < -0.39 is 0 Å². The summed E-state index contributed by atoms with van der Waals surface area (Å²) < 4.78 is 1.99. The SMILES string of the molecule is CC(CCCO)NC(=O)c1cccn1CCc1ccccc1. The Bertz CT molecular complexity index is 578. The monoisotopic (exact) mass is 300 g/mol. The van der Waals surface area contributed by atoms with E-state index in [1.54, 1.807) is 0 Å². The van der Waals surface area contributed by atoms with Crippen LogP contribution < -0.4 is 5.32 Å². The predicted molar refractivity (Wildman–Crippen MR) is 87.8 cm³/mol. The van der Waals surface area contributed by atoms with Crippen LogP contribution in [0.4, 0.5) is 0 Å². The van der Waals surface area contributed by atoms with Crippen LogP contribution in [0.3, 0.4) is 0 Å². The summed E-state index contributed by atoms with van der Waals surface area (Å²) >= 11 is 0. The first-order valence-electron chi connectivity index (χ1n) is 7.81. The summed E-state index contributed by atoms with van der Waals surface area (Å²) in [6.07, 6.45) is 4.33. The van der Waals surface area contributed by atoms with E-state index in [9.17, 15) is 4.79 Å². The Morgan fingerprint density at radius 3 is 2.73 bits per heavy atom. The Morgan fingerprint density at radius 1 is 1.23 bits per heavy atom. The molecular formula is C18H24N2O2. The van der Waals surface area contributed by atoms with Crippen molar-refractivity contribution in [3.63, 3.8) is 0 Å². The number of nitrogens with one attached hydrogen (secondary N) is 1. The molecule has 1 aromatic heterocycles. The summed E-state index contributed by atoms with van der Waals surface area (Å²) in [4.78, 5) is 12.3. The summed E-state index contributed by atoms with van der Waals surface area (Å²) in [5.74, 6) is -0.0523. The highest BCUT2D eigenvalue weighted by atomic mass is 16.3. The molecule has 2 aromatic rings. The van der Waals surface area contributed by atoms with Crippen molar-refractivity contribution in [2.45, 2.75) is 38.8 Å². The fourth-order valence-electron chi connectivity index (χ4n) is 2.48. The number of aryl methyl sites for hydroxylation is 2. The Hall–Kier alpha value is -2.07. The summed E-state index contributed by atoms with van der Waals surface area (Å²) in [6, 6.07) is 14.1. The molecule has 0 saturated heterocycles. The lowest BCUT2D eigenvalue weighted by atomic mass is 10.1. The summed E-state index contributed by atoms with van der Waals surface area (Å²) in [5.41, 5.74) is 1.95. The Kier molecular flexibility index (Phi) is 6.22.